The van der Waals surface area contributed by atoms with Crippen LogP contribution in [-0.4, -0.2) is 23.1 Å². The van der Waals surface area contributed by atoms with Crippen molar-refractivity contribution in [1.82, 2.24) is 0 Å². The molecule has 1 rings (SSSR count). The van der Waals surface area contributed by atoms with Gasteiger partial charge in [0.05, 0.1) is 6.42 Å². The lowest BCUT2D eigenvalue weighted by Crippen LogP contribution is -2.11. The Bertz CT molecular complexity index is 259. The highest BCUT2D eigenvalue weighted by atomic mass is 16.6. The fraction of sp³-hybridized carbons (Fsp3) is 0.500. The minimum atomic E-state index is -1.22. The SMILES string of the molecule is C=C(C)C.C=C(C)C.O=C1CC(O)C(=O)O1. The summed E-state index contributed by atoms with van der Waals surface area (Å²) in [4.78, 5) is 20.2. The minimum Gasteiger partial charge on any atom is -0.391 e. The molecule has 0 spiro atoms. The average molecular weight is 228 g/mol. The van der Waals surface area contributed by atoms with E-state index in [0.29, 0.717) is 0 Å². The number of aliphatic hydroxyl groups excluding tert-OH is 1. The van der Waals surface area contributed by atoms with Crippen LogP contribution in [0.1, 0.15) is 34.1 Å². The van der Waals surface area contributed by atoms with Crippen LogP contribution >= 0.6 is 0 Å². The van der Waals surface area contributed by atoms with E-state index in [1.807, 2.05) is 27.7 Å². The predicted octanol–water partition coefficient (Wildman–Crippen LogP) is 1.99. The van der Waals surface area contributed by atoms with E-state index in [9.17, 15) is 9.59 Å². The Morgan fingerprint density at radius 3 is 1.56 bits per heavy atom. The number of carbonyl (C=O) groups is 2. The molecule has 1 heterocycles. The Morgan fingerprint density at radius 2 is 1.50 bits per heavy atom. The maximum atomic E-state index is 10.1. The number of esters is 2. The molecule has 0 aromatic heterocycles. The fourth-order valence-corrected chi connectivity index (χ4v) is 0.463. The molecule has 92 valence electrons. The molecule has 1 aliphatic rings. The second kappa shape index (κ2) is 8.85. The van der Waals surface area contributed by atoms with Crippen LogP contribution < -0.4 is 0 Å². The van der Waals surface area contributed by atoms with Crippen molar-refractivity contribution in [3.8, 4) is 0 Å². The summed E-state index contributed by atoms with van der Waals surface area (Å²) in [6.45, 7) is 15.0. The summed E-state index contributed by atoms with van der Waals surface area (Å²) in [5.74, 6) is -1.49. The van der Waals surface area contributed by atoms with Gasteiger partial charge in [0.25, 0.3) is 0 Å². The molecule has 0 amide bonds. The van der Waals surface area contributed by atoms with Gasteiger partial charge in [-0.25, -0.2) is 4.79 Å². The zero-order valence-electron chi connectivity index (χ0n) is 10.4. The van der Waals surface area contributed by atoms with Crippen LogP contribution in [0.5, 0.6) is 0 Å². The van der Waals surface area contributed by atoms with Crippen molar-refractivity contribution in [3.05, 3.63) is 24.3 Å². The van der Waals surface area contributed by atoms with E-state index < -0.39 is 18.0 Å². The zero-order chi connectivity index (χ0) is 13.3. The lowest BCUT2D eigenvalue weighted by molar-refractivity contribution is -0.154. The summed E-state index contributed by atoms with van der Waals surface area (Å²) in [7, 11) is 0. The largest absolute Gasteiger partial charge is 0.391 e. The van der Waals surface area contributed by atoms with E-state index in [1.54, 1.807) is 0 Å². The number of hydrogen-bond donors (Lipinski definition) is 1. The molecule has 0 aromatic rings. The molecule has 0 aliphatic carbocycles. The summed E-state index contributed by atoms with van der Waals surface area (Å²) >= 11 is 0. The quantitative estimate of drug-likeness (QED) is 0.391. The monoisotopic (exact) mass is 228 g/mol. The standard InChI is InChI=1S/C4H4O4.2C4H8/c5-2-1-3(6)8-4(2)7;2*1-4(2)3/h2,5H,1H2;2*1H2,2-3H3. The molecule has 1 aliphatic heterocycles. The lowest BCUT2D eigenvalue weighted by Gasteiger charge is -1.86. The maximum Gasteiger partial charge on any atom is 0.343 e. The van der Waals surface area contributed by atoms with Crippen molar-refractivity contribution in [2.24, 2.45) is 0 Å². The van der Waals surface area contributed by atoms with Crippen molar-refractivity contribution < 1.29 is 19.4 Å². The first-order valence-corrected chi connectivity index (χ1v) is 4.83. The van der Waals surface area contributed by atoms with E-state index >= 15 is 0 Å². The summed E-state index contributed by atoms with van der Waals surface area (Å²) in [6, 6.07) is 0. The highest BCUT2D eigenvalue weighted by Crippen LogP contribution is 2.05. The molecule has 16 heavy (non-hydrogen) atoms. The normalized spacial score (nSPS) is 17.4. The molecule has 1 unspecified atom stereocenters. The van der Waals surface area contributed by atoms with Gasteiger partial charge in [0.1, 0.15) is 0 Å². The van der Waals surface area contributed by atoms with Crippen LogP contribution in [0.2, 0.25) is 0 Å². The molecular formula is C12H20O4. The van der Waals surface area contributed by atoms with Gasteiger partial charge in [0.2, 0.25) is 0 Å². The molecule has 0 radical (unpaired) electrons. The van der Waals surface area contributed by atoms with Crippen LogP contribution in [-0.2, 0) is 14.3 Å². The second-order valence-electron chi connectivity index (χ2n) is 3.93. The second-order valence-corrected chi connectivity index (χ2v) is 3.93. The third-order valence-corrected chi connectivity index (χ3v) is 0.847. The van der Waals surface area contributed by atoms with Gasteiger partial charge in [-0.05, 0) is 27.7 Å². The van der Waals surface area contributed by atoms with Gasteiger partial charge in [-0.2, -0.15) is 0 Å². The average Bonchev–Trinajstić information content (AvgIpc) is 2.26. The summed E-state index contributed by atoms with van der Waals surface area (Å²) in [5, 5.41) is 8.47. The highest BCUT2D eigenvalue weighted by Gasteiger charge is 2.30. The molecule has 0 aromatic carbocycles. The van der Waals surface area contributed by atoms with Gasteiger partial charge in [0.15, 0.2) is 6.10 Å². The van der Waals surface area contributed by atoms with E-state index in [0.717, 1.165) is 0 Å². The molecule has 0 bridgehead atoms. The molecule has 1 saturated heterocycles. The Morgan fingerprint density at radius 1 is 1.19 bits per heavy atom. The number of allylic oxidation sites excluding steroid dienone is 2. The van der Waals surface area contributed by atoms with Crippen molar-refractivity contribution in [3.63, 3.8) is 0 Å². The van der Waals surface area contributed by atoms with E-state index in [2.05, 4.69) is 17.9 Å². The highest BCUT2D eigenvalue weighted by molar-refractivity contribution is 5.95. The lowest BCUT2D eigenvalue weighted by atomic mass is 10.3. The summed E-state index contributed by atoms with van der Waals surface area (Å²) < 4.78 is 3.95. The Hall–Kier alpha value is -1.42. The van der Waals surface area contributed by atoms with Gasteiger partial charge < -0.3 is 9.84 Å². The van der Waals surface area contributed by atoms with Crippen molar-refractivity contribution >= 4 is 11.9 Å². The predicted molar refractivity (Wildman–Crippen MR) is 62.7 cm³/mol. The van der Waals surface area contributed by atoms with E-state index in [4.69, 9.17) is 5.11 Å². The van der Waals surface area contributed by atoms with Crippen LogP contribution in [0.25, 0.3) is 0 Å². The van der Waals surface area contributed by atoms with Gasteiger partial charge in [-0.3, -0.25) is 4.79 Å². The number of hydrogen-bond acceptors (Lipinski definition) is 4. The van der Waals surface area contributed by atoms with Crippen LogP contribution in [0.3, 0.4) is 0 Å². The van der Waals surface area contributed by atoms with Crippen LogP contribution in [0.15, 0.2) is 24.3 Å². The zero-order valence-corrected chi connectivity index (χ0v) is 10.4. The first-order chi connectivity index (χ1) is 7.16. The van der Waals surface area contributed by atoms with Crippen molar-refractivity contribution in [2.75, 3.05) is 0 Å². The Balaban J connectivity index is 0. The Labute approximate surface area is 96.6 Å². The molecule has 4 nitrogen and oxygen atoms in total. The van der Waals surface area contributed by atoms with Crippen LogP contribution in [0.4, 0.5) is 0 Å². The molecule has 0 saturated carbocycles. The number of aliphatic hydroxyl groups is 1. The number of cyclic esters (lactones) is 2. The summed E-state index contributed by atoms with van der Waals surface area (Å²) in [5.41, 5.74) is 2.33. The molecule has 1 atom stereocenters. The van der Waals surface area contributed by atoms with E-state index in [-0.39, 0.29) is 6.42 Å². The molecular weight excluding hydrogens is 208 g/mol. The topological polar surface area (TPSA) is 63.6 Å². The van der Waals surface area contributed by atoms with Crippen molar-refractivity contribution in [1.29, 1.82) is 0 Å². The van der Waals surface area contributed by atoms with Gasteiger partial charge in [0, 0.05) is 0 Å². The third-order valence-electron chi connectivity index (χ3n) is 0.847. The third kappa shape index (κ3) is 15.1. The molecule has 1 fully saturated rings. The van der Waals surface area contributed by atoms with Gasteiger partial charge in [-0.15, -0.1) is 13.2 Å². The van der Waals surface area contributed by atoms with E-state index in [1.165, 1.54) is 11.1 Å². The van der Waals surface area contributed by atoms with Gasteiger partial charge >= 0.3 is 11.9 Å². The number of rotatable bonds is 0. The first-order valence-electron chi connectivity index (χ1n) is 4.83. The summed E-state index contributed by atoms with van der Waals surface area (Å²) in [6.07, 6.45) is -1.42. The molecule has 4 heteroatoms. The number of carbonyl (C=O) groups excluding carboxylic acids is 2. The van der Waals surface area contributed by atoms with Crippen molar-refractivity contribution in [2.45, 2.75) is 40.2 Å². The Kier molecular flexibility index (Phi) is 9.40. The maximum absolute atomic E-state index is 10.1. The van der Waals surface area contributed by atoms with Gasteiger partial charge in [-0.1, -0.05) is 11.1 Å². The minimum absolute atomic E-state index is 0.196. The first kappa shape index (κ1) is 17.0. The fourth-order valence-electron chi connectivity index (χ4n) is 0.463. The molecule has 1 N–H and O–H groups in total. The van der Waals surface area contributed by atoms with Crippen LogP contribution in [0, 0.1) is 0 Å². The smallest absolute Gasteiger partial charge is 0.343 e. The number of ether oxygens (including phenoxy) is 1.